The third-order valence-corrected chi connectivity index (χ3v) is 4.84. The van der Waals surface area contributed by atoms with E-state index in [0.29, 0.717) is 32.6 Å². The van der Waals surface area contributed by atoms with Gasteiger partial charge in [-0.05, 0) is 40.2 Å². The van der Waals surface area contributed by atoms with E-state index < -0.39 is 11.5 Å². The molecule has 1 aliphatic heterocycles. The number of hydrogen-bond acceptors (Lipinski definition) is 5. The van der Waals surface area contributed by atoms with Gasteiger partial charge in [-0.15, -0.1) is 0 Å². The van der Waals surface area contributed by atoms with Gasteiger partial charge in [-0.1, -0.05) is 12.2 Å². The number of piperazine rings is 1. The van der Waals surface area contributed by atoms with Crippen LogP contribution in [0.25, 0.3) is 0 Å². The molecule has 142 valence electrons. The van der Waals surface area contributed by atoms with Crippen LogP contribution in [0.3, 0.4) is 0 Å². The largest absolute Gasteiger partial charge is 0.381 e. The van der Waals surface area contributed by atoms with Crippen molar-refractivity contribution in [1.82, 2.24) is 9.80 Å². The zero-order valence-corrected chi connectivity index (χ0v) is 16.1. The third-order valence-electron chi connectivity index (χ3n) is 4.84. The lowest BCUT2D eigenvalue weighted by Gasteiger charge is -2.45. The highest BCUT2D eigenvalue weighted by Crippen LogP contribution is 2.36. The minimum Gasteiger partial charge on any atom is -0.381 e. The molecule has 0 spiro atoms. The fourth-order valence-electron chi connectivity index (χ4n) is 2.82. The number of methoxy groups -OCH3 is 1. The number of aliphatic hydroxyl groups excluding tert-OH is 1. The second-order valence-corrected chi connectivity index (χ2v) is 7.59. The molecule has 2 aliphatic rings. The van der Waals surface area contributed by atoms with Crippen molar-refractivity contribution in [2.75, 3.05) is 40.0 Å². The topological polar surface area (TPSA) is 59.7 Å². The summed E-state index contributed by atoms with van der Waals surface area (Å²) in [6, 6.07) is 2.31. The van der Waals surface area contributed by atoms with Gasteiger partial charge in [0, 0.05) is 39.2 Å². The van der Waals surface area contributed by atoms with Crippen LogP contribution in [0.4, 0.5) is 4.39 Å². The lowest BCUT2D eigenvalue weighted by molar-refractivity contribution is 0.00898. The van der Waals surface area contributed by atoms with Crippen LogP contribution in [-0.2, 0) is 4.74 Å². The molecule has 25 heavy (non-hydrogen) atoms. The summed E-state index contributed by atoms with van der Waals surface area (Å²) >= 11 is 0. The van der Waals surface area contributed by atoms with Crippen LogP contribution in [0, 0.1) is 17.2 Å². The molecule has 1 aliphatic carbocycles. The van der Waals surface area contributed by atoms with Crippen molar-refractivity contribution in [3.63, 3.8) is 0 Å². The normalized spacial score (nSPS) is 24.6. The molecule has 2 unspecified atom stereocenters. The van der Waals surface area contributed by atoms with Crippen LogP contribution in [0.15, 0.2) is 24.1 Å². The van der Waals surface area contributed by atoms with E-state index >= 15 is 0 Å². The number of halogens is 1. The van der Waals surface area contributed by atoms with Crippen LogP contribution < -0.4 is 0 Å². The van der Waals surface area contributed by atoms with Gasteiger partial charge >= 0.3 is 0 Å². The summed E-state index contributed by atoms with van der Waals surface area (Å²) in [7, 11) is 1.71. The number of aliphatic hydroxyl groups is 1. The lowest BCUT2D eigenvalue weighted by Crippen LogP contribution is -2.58. The Bertz CT molecular complexity index is 514. The maximum Gasteiger partial charge on any atom is 0.115 e. The number of ether oxygens (including phenoxy) is 1. The van der Waals surface area contributed by atoms with Gasteiger partial charge in [0.25, 0.3) is 0 Å². The maximum atomic E-state index is 14.0. The molecule has 6 heteroatoms. The van der Waals surface area contributed by atoms with E-state index in [4.69, 9.17) is 9.84 Å². The van der Waals surface area contributed by atoms with Crippen LogP contribution in [0.5, 0.6) is 0 Å². The summed E-state index contributed by atoms with van der Waals surface area (Å²) in [6.45, 7) is 10.7. The Morgan fingerprint density at radius 1 is 1.28 bits per heavy atom. The van der Waals surface area contributed by atoms with Crippen molar-refractivity contribution in [1.29, 1.82) is 5.26 Å². The molecular weight excluding hydrogens is 321 g/mol. The maximum absolute atomic E-state index is 14.0. The summed E-state index contributed by atoms with van der Waals surface area (Å²) in [6.07, 6.45) is 5.63. The van der Waals surface area contributed by atoms with Crippen molar-refractivity contribution >= 4 is 0 Å². The Labute approximate surface area is 151 Å². The van der Waals surface area contributed by atoms with Gasteiger partial charge in [0.05, 0.1) is 18.4 Å². The number of rotatable bonds is 3. The highest BCUT2D eigenvalue weighted by atomic mass is 19.1. The molecule has 0 bridgehead atoms. The second kappa shape index (κ2) is 9.44. The lowest BCUT2D eigenvalue weighted by atomic mass is 9.79. The molecular formula is C19H32FN3O2. The van der Waals surface area contributed by atoms with Gasteiger partial charge in [0.15, 0.2) is 0 Å². The van der Waals surface area contributed by atoms with E-state index in [1.807, 2.05) is 43.6 Å². The van der Waals surface area contributed by atoms with Crippen molar-refractivity contribution in [2.45, 2.75) is 45.3 Å². The molecule has 1 heterocycles. The summed E-state index contributed by atoms with van der Waals surface area (Å²) in [5, 5.41) is 18.7. The fourth-order valence-corrected chi connectivity index (χ4v) is 2.82. The van der Waals surface area contributed by atoms with Gasteiger partial charge < -0.3 is 9.84 Å². The molecule has 0 aromatic heterocycles. The van der Waals surface area contributed by atoms with Gasteiger partial charge in [-0.25, -0.2) is 4.39 Å². The summed E-state index contributed by atoms with van der Waals surface area (Å²) < 4.78 is 18.9. The van der Waals surface area contributed by atoms with E-state index in [-0.39, 0.29) is 18.2 Å². The zero-order chi connectivity index (χ0) is 19.1. The predicted octanol–water partition coefficient (Wildman–Crippen LogP) is 2.70. The first-order valence-electron chi connectivity index (χ1n) is 8.75. The molecule has 2 atom stereocenters. The van der Waals surface area contributed by atoms with Crippen LogP contribution >= 0.6 is 0 Å². The number of nitriles is 1. The molecule has 1 fully saturated rings. The van der Waals surface area contributed by atoms with E-state index in [1.165, 1.54) is 6.08 Å². The van der Waals surface area contributed by atoms with Crippen molar-refractivity contribution in [3.05, 3.63) is 24.1 Å². The highest BCUT2D eigenvalue weighted by Gasteiger charge is 2.43. The minimum atomic E-state index is -0.826. The second-order valence-electron chi connectivity index (χ2n) is 7.59. The molecule has 0 saturated carbocycles. The van der Waals surface area contributed by atoms with Gasteiger partial charge in [0.1, 0.15) is 11.4 Å². The smallest absolute Gasteiger partial charge is 0.115 e. The third kappa shape index (κ3) is 6.19. The monoisotopic (exact) mass is 353 g/mol. The number of allylic oxidation sites excluding steroid dienone is 3. The molecule has 0 aromatic carbocycles. The van der Waals surface area contributed by atoms with E-state index in [2.05, 4.69) is 6.07 Å². The molecule has 2 rings (SSSR count). The Morgan fingerprint density at radius 2 is 1.84 bits per heavy atom. The predicted molar refractivity (Wildman–Crippen MR) is 97.4 cm³/mol. The summed E-state index contributed by atoms with van der Waals surface area (Å²) in [5.41, 5.74) is -0.785. The summed E-state index contributed by atoms with van der Waals surface area (Å²) in [5.74, 6) is -0.612. The number of nitrogens with zero attached hydrogens (tertiary/aromatic N) is 3. The van der Waals surface area contributed by atoms with Gasteiger partial charge in [0.2, 0.25) is 0 Å². The van der Waals surface area contributed by atoms with Crippen molar-refractivity contribution in [2.24, 2.45) is 5.92 Å². The molecule has 0 aromatic rings. The molecule has 1 N–H and O–H groups in total. The van der Waals surface area contributed by atoms with Crippen molar-refractivity contribution < 1.29 is 14.2 Å². The van der Waals surface area contributed by atoms with Gasteiger partial charge in [-0.2, -0.15) is 5.26 Å². The molecule has 0 amide bonds. The highest BCUT2D eigenvalue weighted by molar-refractivity contribution is 5.25. The number of hydrogen-bond donors (Lipinski definition) is 1. The fraction of sp³-hybridized carbons (Fsp3) is 0.737. The van der Waals surface area contributed by atoms with Gasteiger partial charge in [-0.3, -0.25) is 9.80 Å². The Balaban J connectivity index is 0.000000450. The van der Waals surface area contributed by atoms with E-state index in [0.717, 1.165) is 0 Å². The first-order valence-corrected chi connectivity index (χ1v) is 8.75. The van der Waals surface area contributed by atoms with Crippen molar-refractivity contribution in [3.8, 4) is 6.07 Å². The SMILES string of the molecule is CC(C#N)(C1CC=CC=C1F)N1CCN(CO)CC1.COC(C)(C)C. The summed E-state index contributed by atoms with van der Waals surface area (Å²) in [4.78, 5) is 3.96. The molecule has 1 saturated heterocycles. The van der Waals surface area contributed by atoms with Crippen LogP contribution in [0.2, 0.25) is 0 Å². The molecule has 5 nitrogen and oxygen atoms in total. The Kier molecular flexibility index (Phi) is 8.23. The average Bonchev–Trinajstić information content (AvgIpc) is 2.61. The zero-order valence-electron chi connectivity index (χ0n) is 16.1. The van der Waals surface area contributed by atoms with E-state index in [1.54, 1.807) is 13.2 Å². The Morgan fingerprint density at radius 3 is 2.24 bits per heavy atom. The molecule has 0 radical (unpaired) electrons. The van der Waals surface area contributed by atoms with Crippen LogP contribution in [-0.4, -0.2) is 66.1 Å². The van der Waals surface area contributed by atoms with E-state index in [9.17, 15) is 9.65 Å². The standard InChI is InChI=1S/C14H20FN3O.C5H12O/c1-14(10-16,12-4-2-3-5-13(12)15)18-8-6-17(11-19)7-9-18;1-5(2,3)6-4/h2-3,5,12,19H,4,6-9,11H2,1H3;1-4H3. The first-order chi connectivity index (χ1) is 11.7. The average molecular weight is 353 g/mol. The Hall–Kier alpha value is -1.26. The van der Waals surface area contributed by atoms with Crippen LogP contribution in [0.1, 0.15) is 34.1 Å². The first kappa shape index (κ1) is 21.8. The minimum absolute atomic E-state index is 0.0392. The quantitative estimate of drug-likeness (QED) is 0.845.